The maximum Gasteiger partial charge on any atom is 0.213 e. The second-order valence-electron chi connectivity index (χ2n) is 6.16. The topological polar surface area (TPSA) is 21.4 Å². The van der Waals surface area contributed by atoms with Crippen LogP contribution in [0.15, 0.2) is 53.1 Å². The molecule has 0 aliphatic carbocycles. The van der Waals surface area contributed by atoms with Gasteiger partial charge in [-0.1, -0.05) is 6.07 Å². The third kappa shape index (κ3) is 2.00. The summed E-state index contributed by atoms with van der Waals surface area (Å²) in [7, 11) is 2.05. The number of hydrogen-bond donors (Lipinski definition) is 0. The summed E-state index contributed by atoms with van der Waals surface area (Å²) in [6.07, 6.45) is 2.05. The maximum absolute atomic E-state index is 7.30. The number of hydrogen-bond acceptors (Lipinski definition) is 1. The molecule has 4 rings (SSSR count). The van der Waals surface area contributed by atoms with Crippen LogP contribution in [-0.2, 0) is 7.05 Å². The second kappa shape index (κ2) is 5.21. The lowest BCUT2D eigenvalue weighted by Gasteiger charge is -2.09. The van der Waals surface area contributed by atoms with E-state index in [-0.39, 0.29) is 0 Å². The van der Waals surface area contributed by atoms with E-state index in [1.807, 2.05) is 18.2 Å². The Hall–Kier alpha value is -3.12. The molecule has 0 amide bonds. The van der Waals surface area contributed by atoms with Gasteiger partial charge in [0, 0.05) is 22.9 Å². The summed E-state index contributed by atoms with van der Waals surface area (Å²) in [4.78, 5) is 3.57. The highest BCUT2D eigenvalue weighted by molar-refractivity contribution is 6.13. The average molecular weight is 313 g/mol. The Bertz CT molecular complexity index is 1150. The largest absolute Gasteiger partial charge is 0.456 e. The first-order valence-electron chi connectivity index (χ1n) is 7.89. The van der Waals surface area contributed by atoms with Gasteiger partial charge in [0.1, 0.15) is 18.2 Å². The molecule has 0 saturated carbocycles. The van der Waals surface area contributed by atoms with Crippen molar-refractivity contribution in [1.29, 1.82) is 0 Å². The Kier molecular flexibility index (Phi) is 3.14. The summed E-state index contributed by atoms with van der Waals surface area (Å²) >= 11 is 0. The lowest BCUT2D eigenvalue weighted by atomic mass is 9.94. The SMILES string of the molecule is [C-]#[N+]c1ccc2oc3cc(C)c(C)c(-c4cccc[n+]4C)c3c2c1. The van der Waals surface area contributed by atoms with Gasteiger partial charge in [0.2, 0.25) is 5.69 Å². The van der Waals surface area contributed by atoms with Crippen molar-refractivity contribution in [2.45, 2.75) is 13.8 Å². The van der Waals surface area contributed by atoms with Gasteiger partial charge in [-0.05, 0) is 49.2 Å². The van der Waals surface area contributed by atoms with Crippen molar-refractivity contribution in [2.75, 3.05) is 0 Å². The van der Waals surface area contributed by atoms with Crippen molar-refractivity contribution in [3.8, 4) is 11.3 Å². The zero-order valence-corrected chi connectivity index (χ0v) is 13.9. The Morgan fingerprint density at radius 3 is 2.62 bits per heavy atom. The molecule has 0 aliphatic rings. The van der Waals surface area contributed by atoms with Crippen molar-refractivity contribution < 1.29 is 8.98 Å². The number of pyridine rings is 1. The van der Waals surface area contributed by atoms with E-state index in [0.717, 1.165) is 27.6 Å². The maximum atomic E-state index is 7.30. The van der Waals surface area contributed by atoms with Crippen LogP contribution in [0.2, 0.25) is 0 Å². The fourth-order valence-electron chi connectivity index (χ4n) is 3.33. The molecule has 0 atom stereocenters. The third-order valence-corrected chi connectivity index (χ3v) is 4.70. The lowest BCUT2D eigenvalue weighted by molar-refractivity contribution is -0.660. The molecule has 3 heteroatoms. The number of nitrogens with zero attached hydrogens (tertiary/aromatic N) is 2. The van der Waals surface area contributed by atoms with E-state index in [9.17, 15) is 0 Å². The van der Waals surface area contributed by atoms with E-state index in [4.69, 9.17) is 11.0 Å². The standard InChI is InChI=1S/C21H17N2O/c1-13-11-19-21(16-12-15(22-3)8-9-18(16)24-19)20(14(13)2)17-7-5-6-10-23(17)4/h5-12H,1-2,4H3/q+1. The van der Waals surface area contributed by atoms with Crippen LogP contribution in [0.4, 0.5) is 5.69 Å². The Labute approximate surface area is 140 Å². The van der Waals surface area contributed by atoms with Crippen molar-refractivity contribution in [3.05, 3.63) is 71.2 Å². The zero-order chi connectivity index (χ0) is 16.8. The molecule has 2 aromatic heterocycles. The fraction of sp³-hybridized carbons (Fsp3) is 0.143. The molecule has 0 N–H and O–H groups in total. The van der Waals surface area contributed by atoms with Crippen LogP contribution in [0.1, 0.15) is 11.1 Å². The Balaban J connectivity index is 2.24. The first-order chi connectivity index (χ1) is 11.6. The van der Waals surface area contributed by atoms with Crippen LogP contribution in [0.5, 0.6) is 0 Å². The molecule has 3 nitrogen and oxygen atoms in total. The number of furan rings is 1. The minimum absolute atomic E-state index is 0.631. The summed E-state index contributed by atoms with van der Waals surface area (Å²) in [5.41, 5.74) is 7.07. The normalized spacial score (nSPS) is 11.1. The van der Waals surface area contributed by atoms with Gasteiger partial charge in [-0.2, -0.15) is 0 Å². The first-order valence-corrected chi connectivity index (χ1v) is 7.89. The smallest absolute Gasteiger partial charge is 0.213 e. The minimum atomic E-state index is 0.631. The van der Waals surface area contributed by atoms with Gasteiger partial charge in [0.15, 0.2) is 11.9 Å². The van der Waals surface area contributed by atoms with Crippen LogP contribution in [0.25, 0.3) is 38.0 Å². The minimum Gasteiger partial charge on any atom is -0.456 e. The highest BCUT2D eigenvalue weighted by atomic mass is 16.3. The Morgan fingerprint density at radius 2 is 1.88 bits per heavy atom. The molecular formula is C21H17N2O+. The van der Waals surface area contributed by atoms with E-state index < -0.39 is 0 Å². The molecular weight excluding hydrogens is 296 g/mol. The first kappa shape index (κ1) is 14.5. The molecule has 0 bridgehead atoms. The number of fused-ring (bicyclic) bond motifs is 3. The van der Waals surface area contributed by atoms with Crippen LogP contribution in [-0.4, -0.2) is 0 Å². The van der Waals surface area contributed by atoms with E-state index in [1.165, 1.54) is 16.7 Å². The van der Waals surface area contributed by atoms with Crippen LogP contribution < -0.4 is 4.57 Å². The van der Waals surface area contributed by atoms with Gasteiger partial charge in [-0.3, -0.25) is 0 Å². The number of aryl methyl sites for hydroxylation is 2. The molecule has 24 heavy (non-hydrogen) atoms. The summed E-state index contributed by atoms with van der Waals surface area (Å²) in [5, 5.41) is 2.08. The molecule has 0 fully saturated rings. The van der Waals surface area contributed by atoms with Gasteiger partial charge in [-0.25, -0.2) is 9.41 Å². The monoisotopic (exact) mass is 313 g/mol. The predicted octanol–water partition coefficient (Wildman–Crippen LogP) is 5.25. The highest BCUT2D eigenvalue weighted by Crippen LogP contribution is 2.40. The fourth-order valence-corrected chi connectivity index (χ4v) is 3.33. The Morgan fingerprint density at radius 1 is 1.04 bits per heavy atom. The van der Waals surface area contributed by atoms with Gasteiger partial charge in [-0.15, -0.1) is 0 Å². The van der Waals surface area contributed by atoms with Gasteiger partial charge in [0.05, 0.1) is 12.1 Å². The van der Waals surface area contributed by atoms with Crippen LogP contribution in [0.3, 0.4) is 0 Å². The molecule has 0 radical (unpaired) electrons. The molecule has 116 valence electrons. The van der Waals surface area contributed by atoms with Gasteiger partial charge >= 0.3 is 0 Å². The van der Waals surface area contributed by atoms with Crippen molar-refractivity contribution in [2.24, 2.45) is 7.05 Å². The van der Waals surface area contributed by atoms with E-state index in [1.54, 1.807) is 6.07 Å². The summed E-state index contributed by atoms with van der Waals surface area (Å²) in [6.45, 7) is 11.6. The molecule has 2 aromatic carbocycles. The lowest BCUT2D eigenvalue weighted by Crippen LogP contribution is -2.30. The summed E-state index contributed by atoms with van der Waals surface area (Å²) < 4.78 is 8.20. The molecule has 0 saturated heterocycles. The molecule has 0 spiro atoms. The summed E-state index contributed by atoms with van der Waals surface area (Å²) in [5.74, 6) is 0. The van der Waals surface area contributed by atoms with E-state index in [2.05, 4.69) is 54.7 Å². The van der Waals surface area contributed by atoms with Gasteiger partial charge < -0.3 is 4.42 Å². The van der Waals surface area contributed by atoms with Crippen molar-refractivity contribution in [3.63, 3.8) is 0 Å². The number of benzene rings is 2. The van der Waals surface area contributed by atoms with E-state index >= 15 is 0 Å². The molecule has 0 unspecified atom stereocenters. The highest BCUT2D eigenvalue weighted by Gasteiger charge is 2.21. The van der Waals surface area contributed by atoms with Crippen LogP contribution >= 0.6 is 0 Å². The summed E-state index contributed by atoms with van der Waals surface area (Å²) in [6, 6.07) is 13.9. The molecule has 2 heterocycles. The predicted molar refractivity (Wildman–Crippen MR) is 96.1 cm³/mol. The van der Waals surface area contributed by atoms with Crippen molar-refractivity contribution >= 4 is 27.6 Å². The quantitative estimate of drug-likeness (QED) is 0.347. The number of aromatic nitrogens is 1. The second-order valence-corrected chi connectivity index (χ2v) is 6.16. The van der Waals surface area contributed by atoms with Crippen LogP contribution in [0, 0.1) is 20.4 Å². The van der Waals surface area contributed by atoms with Crippen molar-refractivity contribution in [1.82, 2.24) is 0 Å². The van der Waals surface area contributed by atoms with Gasteiger partial charge in [0.25, 0.3) is 0 Å². The molecule has 4 aromatic rings. The van der Waals surface area contributed by atoms with E-state index in [0.29, 0.717) is 5.69 Å². The molecule has 0 aliphatic heterocycles. The number of rotatable bonds is 1. The third-order valence-electron chi connectivity index (χ3n) is 4.70. The average Bonchev–Trinajstić information content (AvgIpc) is 2.94. The zero-order valence-electron chi connectivity index (χ0n) is 13.9.